The molecule has 1 saturated heterocycles. The zero-order valence-electron chi connectivity index (χ0n) is 18.5. The number of urea groups is 1. The lowest BCUT2D eigenvalue weighted by molar-refractivity contribution is -0.130. The molecule has 0 unspecified atom stereocenters. The fourth-order valence-electron chi connectivity index (χ4n) is 3.18. The van der Waals surface area contributed by atoms with Crippen molar-refractivity contribution in [1.82, 2.24) is 19.5 Å². The minimum atomic E-state index is -3.95. The molecular formula is C20H24N6O6S2. The van der Waals surface area contributed by atoms with Crippen LogP contribution < -0.4 is 15.4 Å². The molecule has 3 rings (SSSR count). The van der Waals surface area contributed by atoms with E-state index in [0.717, 1.165) is 6.92 Å². The number of hydrogen-bond acceptors (Lipinski definition) is 8. The van der Waals surface area contributed by atoms with E-state index in [2.05, 4.69) is 15.6 Å². The van der Waals surface area contributed by atoms with Gasteiger partial charge in [-0.2, -0.15) is 0 Å². The first-order valence-corrected chi connectivity index (χ1v) is 12.6. The Kier molecular flexibility index (Phi) is 7.83. The monoisotopic (exact) mass is 508 g/mol. The van der Waals surface area contributed by atoms with Gasteiger partial charge >= 0.3 is 6.03 Å². The van der Waals surface area contributed by atoms with Crippen molar-refractivity contribution < 1.29 is 27.6 Å². The van der Waals surface area contributed by atoms with E-state index in [4.69, 9.17) is 0 Å². The van der Waals surface area contributed by atoms with E-state index in [9.17, 15) is 27.6 Å². The predicted molar refractivity (Wildman–Crippen MR) is 125 cm³/mol. The maximum absolute atomic E-state index is 12.4. The van der Waals surface area contributed by atoms with E-state index >= 15 is 0 Å². The van der Waals surface area contributed by atoms with Gasteiger partial charge in [0.1, 0.15) is 0 Å². The minimum Gasteiger partial charge on any atom is -0.339 e. The van der Waals surface area contributed by atoms with E-state index in [-0.39, 0.29) is 29.2 Å². The van der Waals surface area contributed by atoms with Gasteiger partial charge < -0.3 is 15.1 Å². The standard InChI is InChI=1S/C20H24N6O6S2/c1-13(27)24-34(31,32)17-5-3-15(4-6-17)21-18(29)11-16-12-33-19(22-16)23-20(30)26-9-7-25(8-10-26)14(2)28/h3-6,12H,7-11H2,1-2H3,(H,21,29)(H,24,27)(H,22,23,30). The molecule has 34 heavy (non-hydrogen) atoms. The number of carbonyl (C=O) groups excluding carboxylic acids is 4. The number of anilines is 2. The van der Waals surface area contributed by atoms with E-state index < -0.39 is 15.9 Å². The number of thiazole rings is 1. The first-order valence-electron chi connectivity index (χ1n) is 10.2. The van der Waals surface area contributed by atoms with Gasteiger partial charge in [0.15, 0.2) is 5.13 Å². The average molecular weight is 509 g/mol. The molecule has 2 heterocycles. The van der Waals surface area contributed by atoms with Crippen molar-refractivity contribution in [2.24, 2.45) is 0 Å². The quantitative estimate of drug-likeness (QED) is 0.522. The van der Waals surface area contributed by atoms with Gasteiger partial charge in [-0.3, -0.25) is 19.7 Å². The van der Waals surface area contributed by atoms with Crippen LogP contribution in [0.1, 0.15) is 19.5 Å². The summed E-state index contributed by atoms with van der Waals surface area (Å²) in [4.78, 5) is 54.6. The molecule has 182 valence electrons. The topological polar surface area (TPSA) is 158 Å². The van der Waals surface area contributed by atoms with Gasteiger partial charge in [0, 0.05) is 51.1 Å². The predicted octanol–water partition coefficient (Wildman–Crippen LogP) is 0.845. The highest BCUT2D eigenvalue weighted by atomic mass is 32.2. The van der Waals surface area contributed by atoms with Crippen LogP contribution in [0.25, 0.3) is 0 Å². The van der Waals surface area contributed by atoms with Crippen LogP contribution in [0.3, 0.4) is 0 Å². The molecule has 1 aromatic carbocycles. The van der Waals surface area contributed by atoms with Gasteiger partial charge in [-0.15, -0.1) is 11.3 Å². The van der Waals surface area contributed by atoms with E-state index in [1.807, 2.05) is 4.72 Å². The third kappa shape index (κ3) is 6.74. The number of hydrogen-bond donors (Lipinski definition) is 3. The summed E-state index contributed by atoms with van der Waals surface area (Å²) < 4.78 is 25.8. The molecule has 0 spiro atoms. The normalized spacial score (nSPS) is 13.8. The number of nitrogens with one attached hydrogen (secondary N) is 3. The van der Waals surface area contributed by atoms with Crippen molar-refractivity contribution in [2.75, 3.05) is 36.8 Å². The van der Waals surface area contributed by atoms with Gasteiger partial charge in [-0.25, -0.2) is 22.9 Å². The summed E-state index contributed by atoms with van der Waals surface area (Å²) in [5.41, 5.74) is 0.837. The number of piperazine rings is 1. The molecule has 1 aromatic heterocycles. The van der Waals surface area contributed by atoms with Gasteiger partial charge in [0.2, 0.25) is 17.7 Å². The Labute approximate surface area is 200 Å². The van der Waals surface area contributed by atoms with E-state index in [0.29, 0.717) is 42.7 Å². The number of benzene rings is 1. The Morgan fingerprint density at radius 1 is 0.971 bits per heavy atom. The van der Waals surface area contributed by atoms with Crippen molar-refractivity contribution in [1.29, 1.82) is 0 Å². The molecule has 3 N–H and O–H groups in total. The maximum atomic E-state index is 12.4. The Morgan fingerprint density at radius 3 is 2.18 bits per heavy atom. The fraction of sp³-hybridized carbons (Fsp3) is 0.350. The van der Waals surface area contributed by atoms with Crippen LogP contribution in [0.4, 0.5) is 15.6 Å². The molecular weight excluding hydrogens is 484 g/mol. The Balaban J connectivity index is 1.50. The summed E-state index contributed by atoms with van der Waals surface area (Å²) in [6.45, 7) is 4.40. The van der Waals surface area contributed by atoms with Crippen LogP contribution in [0.2, 0.25) is 0 Å². The SMILES string of the molecule is CC(=O)NS(=O)(=O)c1ccc(NC(=O)Cc2csc(NC(=O)N3CCN(C(C)=O)CC3)n2)cc1. The van der Waals surface area contributed by atoms with Crippen LogP contribution in [-0.2, 0) is 30.8 Å². The number of rotatable bonds is 6. The molecule has 1 aliphatic heterocycles. The second-order valence-corrected chi connectivity index (χ2v) is 10.0. The summed E-state index contributed by atoms with van der Waals surface area (Å²) in [6.07, 6.45) is -0.0460. The lowest BCUT2D eigenvalue weighted by Gasteiger charge is -2.33. The van der Waals surface area contributed by atoms with Crippen molar-refractivity contribution >= 4 is 55.9 Å². The highest BCUT2D eigenvalue weighted by molar-refractivity contribution is 7.90. The summed E-state index contributed by atoms with van der Waals surface area (Å²) >= 11 is 1.19. The van der Waals surface area contributed by atoms with Crippen LogP contribution >= 0.6 is 11.3 Å². The minimum absolute atomic E-state index is 0.0196. The number of nitrogens with zero attached hydrogens (tertiary/aromatic N) is 3. The summed E-state index contributed by atoms with van der Waals surface area (Å²) in [7, 11) is -3.95. The average Bonchev–Trinajstić information content (AvgIpc) is 3.19. The van der Waals surface area contributed by atoms with E-state index in [1.165, 1.54) is 42.5 Å². The smallest absolute Gasteiger partial charge is 0.323 e. The molecule has 1 aliphatic rings. The molecule has 1 fully saturated rings. The lowest BCUT2D eigenvalue weighted by Crippen LogP contribution is -2.51. The molecule has 5 amide bonds. The highest BCUT2D eigenvalue weighted by Gasteiger charge is 2.23. The summed E-state index contributed by atoms with van der Waals surface area (Å²) in [6, 6.07) is 5.04. The first kappa shape index (κ1) is 25.1. The van der Waals surface area contributed by atoms with Crippen LogP contribution in [0.15, 0.2) is 34.5 Å². The van der Waals surface area contributed by atoms with Gasteiger partial charge in [0.05, 0.1) is 17.0 Å². The highest BCUT2D eigenvalue weighted by Crippen LogP contribution is 2.18. The van der Waals surface area contributed by atoms with Crippen molar-refractivity contribution in [2.45, 2.75) is 25.2 Å². The number of sulfonamides is 1. The zero-order valence-corrected chi connectivity index (χ0v) is 20.2. The number of amides is 5. The molecule has 0 bridgehead atoms. The first-order chi connectivity index (χ1) is 16.0. The second-order valence-electron chi connectivity index (χ2n) is 7.48. The molecule has 0 saturated carbocycles. The number of aromatic nitrogens is 1. The van der Waals surface area contributed by atoms with Crippen molar-refractivity contribution in [3.05, 3.63) is 35.3 Å². The zero-order chi connectivity index (χ0) is 24.9. The third-order valence-electron chi connectivity index (χ3n) is 4.85. The molecule has 0 radical (unpaired) electrons. The Hall–Kier alpha value is -3.52. The van der Waals surface area contributed by atoms with Crippen molar-refractivity contribution in [3.63, 3.8) is 0 Å². The summed E-state index contributed by atoms with van der Waals surface area (Å²) in [5.74, 6) is -1.10. The van der Waals surface area contributed by atoms with Crippen LogP contribution in [-0.4, -0.2) is 73.1 Å². The lowest BCUT2D eigenvalue weighted by atomic mass is 10.3. The fourth-order valence-corrected chi connectivity index (χ4v) is 4.87. The molecule has 12 nitrogen and oxygen atoms in total. The Morgan fingerprint density at radius 2 is 1.59 bits per heavy atom. The largest absolute Gasteiger partial charge is 0.339 e. The van der Waals surface area contributed by atoms with Gasteiger partial charge in [-0.1, -0.05) is 0 Å². The third-order valence-corrected chi connectivity index (χ3v) is 7.10. The molecule has 0 aliphatic carbocycles. The Bertz CT molecular complexity index is 1190. The maximum Gasteiger partial charge on any atom is 0.323 e. The molecule has 14 heteroatoms. The van der Waals surface area contributed by atoms with E-state index in [1.54, 1.807) is 15.2 Å². The van der Waals surface area contributed by atoms with Crippen LogP contribution in [0, 0.1) is 0 Å². The molecule has 0 atom stereocenters. The summed E-state index contributed by atoms with van der Waals surface area (Å²) in [5, 5.41) is 7.36. The van der Waals surface area contributed by atoms with Crippen molar-refractivity contribution in [3.8, 4) is 0 Å². The van der Waals surface area contributed by atoms with Gasteiger partial charge in [0.25, 0.3) is 10.0 Å². The second kappa shape index (κ2) is 10.6. The number of carbonyl (C=O) groups is 4. The molecule has 2 aromatic rings. The van der Waals surface area contributed by atoms with Gasteiger partial charge in [-0.05, 0) is 24.3 Å². The van der Waals surface area contributed by atoms with Crippen LogP contribution in [0.5, 0.6) is 0 Å².